The SMILES string of the molecule is Cc1nc(Cl)sc1S(=O)(=O)NCCOC(C)C. The van der Waals surface area contributed by atoms with E-state index in [1.165, 1.54) is 0 Å². The van der Waals surface area contributed by atoms with Crippen molar-refractivity contribution < 1.29 is 13.2 Å². The van der Waals surface area contributed by atoms with Crippen molar-refractivity contribution in [3.05, 3.63) is 10.2 Å². The van der Waals surface area contributed by atoms with Crippen molar-refractivity contribution in [1.29, 1.82) is 0 Å². The molecule has 1 N–H and O–H groups in total. The van der Waals surface area contributed by atoms with Crippen molar-refractivity contribution in [3.8, 4) is 0 Å². The van der Waals surface area contributed by atoms with Crippen molar-refractivity contribution in [2.24, 2.45) is 0 Å². The van der Waals surface area contributed by atoms with Crippen LogP contribution in [0, 0.1) is 6.92 Å². The normalized spacial score (nSPS) is 12.3. The van der Waals surface area contributed by atoms with Gasteiger partial charge in [0.1, 0.15) is 0 Å². The average molecular weight is 299 g/mol. The van der Waals surface area contributed by atoms with Crippen LogP contribution in [0.15, 0.2) is 4.21 Å². The Morgan fingerprint density at radius 1 is 1.53 bits per heavy atom. The Morgan fingerprint density at radius 3 is 2.65 bits per heavy atom. The van der Waals surface area contributed by atoms with Gasteiger partial charge in [-0.25, -0.2) is 18.1 Å². The number of nitrogens with one attached hydrogen (secondary N) is 1. The Labute approximate surface area is 110 Å². The number of rotatable bonds is 6. The standard InChI is InChI=1S/C9H15ClN2O3S2/c1-6(2)15-5-4-11-17(13,14)8-7(3)12-9(10)16-8/h6,11H,4-5H2,1-3H3. The van der Waals surface area contributed by atoms with Crippen LogP contribution in [-0.4, -0.2) is 32.7 Å². The molecule has 0 spiro atoms. The molecule has 98 valence electrons. The highest BCUT2D eigenvalue weighted by Gasteiger charge is 2.20. The van der Waals surface area contributed by atoms with Crippen LogP contribution in [0.25, 0.3) is 0 Å². The summed E-state index contributed by atoms with van der Waals surface area (Å²) in [5, 5.41) is 0. The quantitative estimate of drug-likeness (QED) is 0.813. The zero-order valence-corrected chi connectivity index (χ0v) is 12.2. The molecule has 0 saturated carbocycles. The fraction of sp³-hybridized carbons (Fsp3) is 0.667. The lowest BCUT2D eigenvalue weighted by Crippen LogP contribution is -2.28. The number of nitrogens with zero attached hydrogens (tertiary/aromatic N) is 1. The van der Waals surface area contributed by atoms with E-state index < -0.39 is 10.0 Å². The van der Waals surface area contributed by atoms with Gasteiger partial charge in [-0.15, -0.1) is 0 Å². The molecule has 0 bridgehead atoms. The average Bonchev–Trinajstić information content (AvgIpc) is 2.53. The van der Waals surface area contributed by atoms with Crippen LogP contribution >= 0.6 is 22.9 Å². The van der Waals surface area contributed by atoms with Gasteiger partial charge in [0.15, 0.2) is 8.68 Å². The molecule has 5 nitrogen and oxygen atoms in total. The third kappa shape index (κ3) is 4.51. The van der Waals surface area contributed by atoms with Crippen LogP contribution in [0.5, 0.6) is 0 Å². The minimum absolute atomic E-state index is 0.0825. The van der Waals surface area contributed by atoms with Crippen molar-refractivity contribution >= 4 is 33.0 Å². The number of hydrogen-bond acceptors (Lipinski definition) is 5. The van der Waals surface area contributed by atoms with E-state index in [4.69, 9.17) is 16.3 Å². The van der Waals surface area contributed by atoms with Crippen molar-refractivity contribution in [3.63, 3.8) is 0 Å². The van der Waals surface area contributed by atoms with Gasteiger partial charge < -0.3 is 4.74 Å². The van der Waals surface area contributed by atoms with Crippen molar-refractivity contribution in [2.75, 3.05) is 13.2 Å². The fourth-order valence-electron chi connectivity index (χ4n) is 1.14. The molecule has 0 unspecified atom stereocenters. The number of hydrogen-bond donors (Lipinski definition) is 1. The number of thiazole rings is 1. The van der Waals surface area contributed by atoms with Crippen LogP contribution < -0.4 is 4.72 Å². The molecule has 1 aromatic heterocycles. The van der Waals surface area contributed by atoms with Gasteiger partial charge in [-0.1, -0.05) is 22.9 Å². The van der Waals surface area contributed by atoms with Gasteiger partial charge >= 0.3 is 0 Å². The molecule has 0 radical (unpaired) electrons. The predicted molar refractivity (Wildman–Crippen MR) is 68.1 cm³/mol. The lowest BCUT2D eigenvalue weighted by atomic mass is 10.5. The lowest BCUT2D eigenvalue weighted by molar-refractivity contribution is 0.0834. The number of aromatic nitrogens is 1. The lowest BCUT2D eigenvalue weighted by Gasteiger charge is -2.08. The minimum atomic E-state index is -3.53. The van der Waals surface area contributed by atoms with Crippen LogP contribution in [-0.2, 0) is 14.8 Å². The Kier molecular flexibility index (Phi) is 5.33. The summed E-state index contributed by atoms with van der Waals surface area (Å²) < 4.78 is 31.8. The number of sulfonamides is 1. The molecule has 0 atom stereocenters. The second-order valence-electron chi connectivity index (χ2n) is 3.66. The summed E-state index contributed by atoms with van der Waals surface area (Å²) in [5.74, 6) is 0. The molecule has 0 aliphatic carbocycles. The van der Waals surface area contributed by atoms with E-state index in [-0.39, 0.29) is 21.3 Å². The van der Waals surface area contributed by atoms with E-state index in [1.54, 1.807) is 6.92 Å². The second-order valence-corrected chi connectivity index (χ2v) is 7.20. The van der Waals surface area contributed by atoms with E-state index in [1.807, 2.05) is 13.8 Å². The Bertz CT molecular complexity index is 471. The van der Waals surface area contributed by atoms with Crippen LogP contribution in [0.2, 0.25) is 4.47 Å². The highest BCUT2D eigenvalue weighted by Crippen LogP contribution is 2.26. The van der Waals surface area contributed by atoms with Gasteiger partial charge in [0.2, 0.25) is 0 Å². The maximum Gasteiger partial charge on any atom is 0.252 e. The molecular weight excluding hydrogens is 284 g/mol. The Hall–Kier alpha value is -0.210. The van der Waals surface area contributed by atoms with Gasteiger partial charge in [0.05, 0.1) is 18.4 Å². The molecule has 0 fully saturated rings. The Balaban J connectivity index is 2.60. The molecular formula is C9H15ClN2O3S2. The van der Waals surface area contributed by atoms with E-state index in [9.17, 15) is 8.42 Å². The van der Waals surface area contributed by atoms with Crippen LogP contribution in [0.4, 0.5) is 0 Å². The monoisotopic (exact) mass is 298 g/mol. The van der Waals surface area contributed by atoms with Gasteiger partial charge in [-0.05, 0) is 20.8 Å². The molecule has 0 aliphatic rings. The summed E-state index contributed by atoms with van der Waals surface area (Å²) in [6.07, 6.45) is 0.0825. The number of halogens is 1. The summed E-state index contributed by atoms with van der Waals surface area (Å²) in [4.78, 5) is 3.87. The smallest absolute Gasteiger partial charge is 0.252 e. The molecule has 0 amide bonds. The summed E-state index contributed by atoms with van der Waals surface area (Å²) in [6, 6.07) is 0. The highest BCUT2D eigenvalue weighted by atomic mass is 35.5. The van der Waals surface area contributed by atoms with E-state index in [0.29, 0.717) is 12.3 Å². The summed E-state index contributed by atoms with van der Waals surface area (Å²) >= 11 is 6.61. The highest BCUT2D eigenvalue weighted by molar-refractivity contribution is 7.91. The van der Waals surface area contributed by atoms with E-state index >= 15 is 0 Å². The van der Waals surface area contributed by atoms with Gasteiger partial charge in [0.25, 0.3) is 10.0 Å². The summed E-state index contributed by atoms with van der Waals surface area (Å²) in [7, 11) is -3.53. The first-order valence-corrected chi connectivity index (χ1v) is 7.75. The third-order valence-corrected chi connectivity index (χ3v) is 5.15. The topological polar surface area (TPSA) is 68.3 Å². The summed E-state index contributed by atoms with van der Waals surface area (Å²) in [6.45, 7) is 5.96. The maximum absolute atomic E-state index is 11.9. The first kappa shape index (κ1) is 14.8. The number of aryl methyl sites for hydroxylation is 1. The van der Waals surface area contributed by atoms with Crippen molar-refractivity contribution in [2.45, 2.75) is 31.1 Å². The van der Waals surface area contributed by atoms with Crippen molar-refractivity contribution in [1.82, 2.24) is 9.71 Å². The molecule has 0 saturated heterocycles. The first-order chi connectivity index (χ1) is 7.83. The number of ether oxygens (including phenoxy) is 1. The van der Waals surface area contributed by atoms with E-state index in [2.05, 4.69) is 9.71 Å². The van der Waals surface area contributed by atoms with Gasteiger partial charge in [-0.2, -0.15) is 0 Å². The summed E-state index contributed by atoms with van der Waals surface area (Å²) in [5.41, 5.74) is 0.414. The molecule has 0 aromatic carbocycles. The Morgan fingerprint density at radius 2 is 2.18 bits per heavy atom. The zero-order valence-electron chi connectivity index (χ0n) is 9.86. The van der Waals surface area contributed by atoms with E-state index in [0.717, 1.165) is 11.3 Å². The zero-order chi connectivity index (χ0) is 13.1. The minimum Gasteiger partial charge on any atom is -0.377 e. The molecule has 0 aliphatic heterocycles. The second kappa shape index (κ2) is 6.10. The van der Waals surface area contributed by atoms with Crippen LogP contribution in [0.1, 0.15) is 19.5 Å². The maximum atomic E-state index is 11.9. The molecule has 1 aromatic rings. The van der Waals surface area contributed by atoms with Crippen LogP contribution in [0.3, 0.4) is 0 Å². The predicted octanol–water partition coefficient (Wildman–Crippen LogP) is 1.81. The molecule has 8 heteroatoms. The molecule has 1 rings (SSSR count). The van der Waals surface area contributed by atoms with Gasteiger partial charge in [0, 0.05) is 6.54 Å². The fourth-order valence-corrected chi connectivity index (χ4v) is 3.93. The molecule has 1 heterocycles. The third-order valence-electron chi connectivity index (χ3n) is 1.82. The van der Waals surface area contributed by atoms with Gasteiger partial charge in [-0.3, -0.25) is 0 Å². The first-order valence-electron chi connectivity index (χ1n) is 5.07. The largest absolute Gasteiger partial charge is 0.377 e. The molecule has 17 heavy (non-hydrogen) atoms.